The van der Waals surface area contributed by atoms with Crippen molar-refractivity contribution in [2.24, 2.45) is 0 Å². The molecule has 7 heteroatoms. The Balaban J connectivity index is 2.47. The number of hydrogen-bond donors (Lipinski definition) is 5. The fourth-order valence-electron chi connectivity index (χ4n) is 0.841. The summed E-state index contributed by atoms with van der Waals surface area (Å²) in [5.41, 5.74) is 5.80. The second-order valence-corrected chi connectivity index (χ2v) is 2.75. The molecule has 0 fully saturated rings. The van der Waals surface area contributed by atoms with Crippen LogP contribution >= 0.6 is 0 Å². The van der Waals surface area contributed by atoms with E-state index in [-0.39, 0.29) is 17.9 Å². The molecular formula is C7H12N4O3. The van der Waals surface area contributed by atoms with Crippen molar-refractivity contribution in [2.45, 2.75) is 6.10 Å². The molecule has 1 heterocycles. The second kappa shape index (κ2) is 4.58. The molecule has 0 aromatic carbocycles. The first kappa shape index (κ1) is 10.5. The molecule has 1 amide bonds. The number of aliphatic hydroxyl groups is 2. The molecule has 0 saturated heterocycles. The molecular weight excluding hydrogens is 188 g/mol. The van der Waals surface area contributed by atoms with Crippen molar-refractivity contribution in [3.05, 3.63) is 11.9 Å². The minimum atomic E-state index is -0.969. The molecule has 0 saturated carbocycles. The van der Waals surface area contributed by atoms with Gasteiger partial charge >= 0.3 is 0 Å². The van der Waals surface area contributed by atoms with E-state index in [2.05, 4.69) is 15.5 Å². The molecule has 0 spiro atoms. The highest BCUT2D eigenvalue weighted by Crippen LogP contribution is 2.04. The van der Waals surface area contributed by atoms with Crippen molar-refractivity contribution in [1.82, 2.24) is 15.5 Å². The van der Waals surface area contributed by atoms with E-state index in [4.69, 9.17) is 15.9 Å². The lowest BCUT2D eigenvalue weighted by molar-refractivity contribution is 0.0799. The predicted octanol–water partition coefficient (Wildman–Crippen LogP) is -1.93. The lowest BCUT2D eigenvalue weighted by Crippen LogP contribution is -2.34. The smallest absolute Gasteiger partial charge is 0.271 e. The van der Waals surface area contributed by atoms with E-state index in [0.717, 1.165) is 0 Å². The van der Waals surface area contributed by atoms with Crippen LogP contribution in [0.5, 0.6) is 0 Å². The Morgan fingerprint density at radius 3 is 3.00 bits per heavy atom. The number of hydrogen-bond acceptors (Lipinski definition) is 5. The van der Waals surface area contributed by atoms with E-state index in [1.807, 2.05) is 0 Å². The number of amides is 1. The number of nitrogen functional groups attached to an aromatic ring is 1. The first-order valence-corrected chi connectivity index (χ1v) is 4.01. The van der Waals surface area contributed by atoms with Gasteiger partial charge in [0.2, 0.25) is 0 Å². The summed E-state index contributed by atoms with van der Waals surface area (Å²) in [7, 11) is 0. The Hall–Kier alpha value is -1.60. The van der Waals surface area contributed by atoms with Gasteiger partial charge in [-0.05, 0) is 0 Å². The average molecular weight is 200 g/mol. The highest BCUT2D eigenvalue weighted by atomic mass is 16.3. The van der Waals surface area contributed by atoms with Crippen LogP contribution in [0.3, 0.4) is 0 Å². The maximum absolute atomic E-state index is 11.3. The molecule has 78 valence electrons. The van der Waals surface area contributed by atoms with Gasteiger partial charge in [0, 0.05) is 6.54 Å². The third kappa shape index (κ3) is 2.44. The Bertz CT molecular complexity index is 312. The quantitative estimate of drug-likeness (QED) is 0.387. The normalized spacial score (nSPS) is 12.4. The molecule has 1 unspecified atom stereocenters. The van der Waals surface area contributed by atoms with Gasteiger partial charge in [-0.1, -0.05) is 0 Å². The lowest BCUT2D eigenvalue weighted by atomic mass is 10.3. The summed E-state index contributed by atoms with van der Waals surface area (Å²) in [6, 6.07) is 0. The van der Waals surface area contributed by atoms with Crippen molar-refractivity contribution in [2.75, 3.05) is 18.9 Å². The van der Waals surface area contributed by atoms with Gasteiger partial charge < -0.3 is 21.3 Å². The van der Waals surface area contributed by atoms with E-state index in [1.54, 1.807) is 0 Å². The van der Waals surface area contributed by atoms with Gasteiger partial charge in [-0.2, -0.15) is 5.10 Å². The minimum absolute atomic E-state index is 0.0339. The van der Waals surface area contributed by atoms with Crippen LogP contribution in [0.4, 0.5) is 5.69 Å². The summed E-state index contributed by atoms with van der Waals surface area (Å²) < 4.78 is 0. The number of carbonyl (C=O) groups excluding carboxylic acids is 1. The Kier molecular flexibility index (Phi) is 3.43. The Morgan fingerprint density at radius 2 is 2.50 bits per heavy atom. The molecule has 0 radical (unpaired) electrons. The topological polar surface area (TPSA) is 124 Å². The molecule has 1 atom stereocenters. The number of carbonyl (C=O) groups is 1. The summed E-state index contributed by atoms with van der Waals surface area (Å²) in [5.74, 6) is -0.465. The third-order valence-electron chi connectivity index (χ3n) is 1.60. The zero-order valence-electron chi connectivity index (χ0n) is 7.40. The molecule has 0 aliphatic rings. The summed E-state index contributed by atoms with van der Waals surface area (Å²) >= 11 is 0. The van der Waals surface area contributed by atoms with Crippen LogP contribution in [0.15, 0.2) is 6.20 Å². The number of nitrogens with two attached hydrogens (primary N) is 1. The molecule has 14 heavy (non-hydrogen) atoms. The van der Waals surface area contributed by atoms with Crippen LogP contribution in [-0.4, -0.2) is 45.6 Å². The largest absolute Gasteiger partial charge is 0.396 e. The average Bonchev–Trinajstić information content (AvgIpc) is 2.60. The first-order chi connectivity index (χ1) is 6.65. The molecule has 1 aromatic rings. The second-order valence-electron chi connectivity index (χ2n) is 2.75. The maximum Gasteiger partial charge on any atom is 0.271 e. The number of rotatable bonds is 4. The number of aromatic amines is 1. The zero-order valence-corrected chi connectivity index (χ0v) is 7.40. The monoisotopic (exact) mass is 200 g/mol. The van der Waals surface area contributed by atoms with Crippen molar-refractivity contribution >= 4 is 11.6 Å². The maximum atomic E-state index is 11.3. The van der Waals surface area contributed by atoms with E-state index >= 15 is 0 Å². The molecule has 1 aromatic heterocycles. The summed E-state index contributed by atoms with van der Waals surface area (Å²) in [6.45, 7) is -0.438. The fourth-order valence-corrected chi connectivity index (χ4v) is 0.841. The van der Waals surface area contributed by atoms with Gasteiger partial charge in [-0.25, -0.2) is 0 Å². The van der Waals surface area contributed by atoms with Gasteiger partial charge in [0.25, 0.3) is 5.91 Å². The summed E-state index contributed by atoms with van der Waals surface area (Å²) in [5, 5.41) is 25.8. The third-order valence-corrected chi connectivity index (χ3v) is 1.60. The highest BCUT2D eigenvalue weighted by Gasteiger charge is 2.12. The van der Waals surface area contributed by atoms with Crippen molar-refractivity contribution in [3.63, 3.8) is 0 Å². The number of nitrogens with one attached hydrogen (secondary N) is 2. The van der Waals surface area contributed by atoms with Crippen LogP contribution in [0.1, 0.15) is 10.5 Å². The number of H-pyrrole nitrogens is 1. The standard InChI is InChI=1S/C7H12N4O3/c8-5-2-10-11-6(5)7(14)9-1-4(13)3-12/h2,4,12-13H,1,3,8H2,(H,9,14)(H,10,11). The highest BCUT2D eigenvalue weighted by molar-refractivity contribution is 5.96. The van der Waals surface area contributed by atoms with Gasteiger partial charge in [0.05, 0.1) is 24.6 Å². The molecule has 0 bridgehead atoms. The number of nitrogens with zero attached hydrogens (tertiary/aromatic N) is 1. The molecule has 1 rings (SSSR count). The number of aromatic nitrogens is 2. The van der Waals surface area contributed by atoms with Crippen molar-refractivity contribution in [1.29, 1.82) is 0 Å². The zero-order chi connectivity index (χ0) is 10.6. The van der Waals surface area contributed by atoms with Crippen molar-refractivity contribution < 1.29 is 15.0 Å². The van der Waals surface area contributed by atoms with Gasteiger partial charge in [0.15, 0.2) is 0 Å². The number of anilines is 1. The van der Waals surface area contributed by atoms with Gasteiger partial charge in [-0.15, -0.1) is 0 Å². The summed E-state index contributed by atoms with van der Waals surface area (Å²) in [6.07, 6.45) is 0.347. The number of aliphatic hydroxyl groups excluding tert-OH is 2. The van der Waals surface area contributed by atoms with Gasteiger partial charge in [0.1, 0.15) is 5.69 Å². The molecule has 0 aliphatic carbocycles. The van der Waals surface area contributed by atoms with Gasteiger partial charge in [-0.3, -0.25) is 9.89 Å². The minimum Gasteiger partial charge on any atom is -0.396 e. The van der Waals surface area contributed by atoms with Crippen LogP contribution in [0.25, 0.3) is 0 Å². The van der Waals surface area contributed by atoms with Crippen LogP contribution in [0, 0.1) is 0 Å². The SMILES string of the molecule is Nc1cn[nH]c1C(=O)NCC(O)CO. The van der Waals surface area contributed by atoms with Crippen molar-refractivity contribution in [3.8, 4) is 0 Å². The van der Waals surface area contributed by atoms with Crippen LogP contribution < -0.4 is 11.1 Å². The fraction of sp³-hybridized carbons (Fsp3) is 0.429. The Labute approximate surface area is 79.9 Å². The van der Waals surface area contributed by atoms with E-state index in [0.29, 0.717) is 0 Å². The molecule has 0 aliphatic heterocycles. The summed E-state index contributed by atoms with van der Waals surface area (Å²) in [4.78, 5) is 11.3. The Morgan fingerprint density at radius 1 is 1.79 bits per heavy atom. The van der Waals surface area contributed by atoms with E-state index in [1.165, 1.54) is 6.20 Å². The lowest BCUT2D eigenvalue weighted by Gasteiger charge is -2.07. The molecule has 7 nitrogen and oxygen atoms in total. The van der Waals surface area contributed by atoms with E-state index < -0.39 is 18.6 Å². The van der Waals surface area contributed by atoms with Crippen LogP contribution in [-0.2, 0) is 0 Å². The van der Waals surface area contributed by atoms with Crippen LogP contribution in [0.2, 0.25) is 0 Å². The predicted molar refractivity (Wildman–Crippen MR) is 48.4 cm³/mol. The molecule has 6 N–H and O–H groups in total. The first-order valence-electron chi connectivity index (χ1n) is 4.01. The van der Waals surface area contributed by atoms with E-state index in [9.17, 15) is 4.79 Å².